The second-order valence-corrected chi connectivity index (χ2v) is 6.50. The third kappa shape index (κ3) is 1.72. The number of hydrogen-bond acceptors (Lipinski definition) is 2. The molecule has 17 heavy (non-hydrogen) atoms. The maximum Gasteiger partial charge on any atom is 0.307 e. The van der Waals surface area contributed by atoms with Crippen molar-refractivity contribution in [1.82, 2.24) is 4.98 Å². The Labute approximate surface area is 102 Å². The summed E-state index contributed by atoms with van der Waals surface area (Å²) in [6.45, 7) is 0. The second-order valence-electron chi connectivity index (χ2n) is 4.29. The van der Waals surface area contributed by atoms with E-state index < -0.39 is 0 Å². The van der Waals surface area contributed by atoms with Gasteiger partial charge in [-0.15, -0.1) is 0 Å². The van der Waals surface area contributed by atoms with Gasteiger partial charge in [-0.3, -0.25) is 4.79 Å². The van der Waals surface area contributed by atoms with Crippen molar-refractivity contribution in [1.29, 1.82) is 0 Å². The Morgan fingerprint density at radius 1 is 1.18 bits per heavy atom. The van der Waals surface area contributed by atoms with Gasteiger partial charge in [-0.05, 0) is 25.0 Å². The van der Waals surface area contributed by atoms with Gasteiger partial charge in [-0.25, -0.2) is 0 Å². The van der Waals surface area contributed by atoms with E-state index in [0.717, 1.165) is 29.7 Å². The number of aromatic amines is 1. The van der Waals surface area contributed by atoms with Gasteiger partial charge in [-0.1, -0.05) is 12.1 Å². The number of aromatic hydroxyl groups is 1. The summed E-state index contributed by atoms with van der Waals surface area (Å²) in [5, 5.41) is 11.0. The first-order chi connectivity index (χ1) is 8.27. The molecule has 0 spiro atoms. The molecule has 1 fully saturated rings. The Bertz CT molecular complexity index is 614. The minimum Gasteiger partial charge on any atom is -0.503 e. The first-order valence-electron chi connectivity index (χ1n) is 5.79. The van der Waals surface area contributed by atoms with Crippen LogP contribution in [0.25, 0.3) is 10.9 Å². The number of para-hydroxylation sites is 1. The van der Waals surface area contributed by atoms with Crippen molar-refractivity contribution in [3.05, 3.63) is 34.6 Å². The highest BCUT2D eigenvalue weighted by Gasteiger charge is 2.33. The van der Waals surface area contributed by atoms with Crippen LogP contribution in [-0.2, 0) is 10.9 Å². The van der Waals surface area contributed by atoms with Crippen LogP contribution in [0.3, 0.4) is 0 Å². The molecule has 88 valence electrons. The number of hydrogen-bond donors (Lipinski definition) is 2. The lowest BCUT2D eigenvalue weighted by Crippen LogP contribution is -2.19. The first-order valence-corrected chi connectivity index (χ1v) is 7.35. The van der Waals surface area contributed by atoms with E-state index in [2.05, 4.69) is 4.98 Å². The van der Waals surface area contributed by atoms with Gasteiger partial charge in [0.05, 0.1) is 5.52 Å². The summed E-state index contributed by atoms with van der Waals surface area (Å²) in [5.74, 6) is 2.26. The zero-order valence-electron chi connectivity index (χ0n) is 9.40. The van der Waals surface area contributed by atoms with Crippen molar-refractivity contribution in [2.45, 2.75) is 17.7 Å². The van der Waals surface area contributed by atoms with Gasteiger partial charge in [0.2, 0.25) is 0 Å². The van der Waals surface area contributed by atoms with Crippen LogP contribution in [0.5, 0.6) is 5.75 Å². The Balaban J connectivity index is 2.27. The molecule has 1 aliphatic rings. The molecule has 2 N–H and O–H groups in total. The molecule has 0 radical (unpaired) electrons. The van der Waals surface area contributed by atoms with Crippen molar-refractivity contribution >= 4 is 21.8 Å². The molecule has 0 aliphatic carbocycles. The van der Waals surface area contributed by atoms with Crippen LogP contribution in [0.15, 0.2) is 34.0 Å². The van der Waals surface area contributed by atoms with E-state index in [9.17, 15) is 9.90 Å². The normalized spacial score (nSPS) is 16.7. The Hall–Kier alpha value is -1.42. The van der Waals surface area contributed by atoms with Crippen LogP contribution in [-0.4, -0.2) is 21.6 Å². The number of rotatable bonds is 1. The molecule has 1 aromatic heterocycles. The lowest BCUT2D eigenvalue weighted by Gasteiger charge is -2.05. The molecule has 1 aliphatic heterocycles. The second kappa shape index (κ2) is 4.11. The molecule has 2 aromatic rings. The Morgan fingerprint density at radius 2 is 1.88 bits per heavy atom. The molecule has 4 heteroatoms. The quantitative estimate of drug-likeness (QED) is 0.758. The smallest absolute Gasteiger partial charge is 0.307 e. The van der Waals surface area contributed by atoms with E-state index in [1.807, 2.05) is 24.3 Å². The first kappa shape index (κ1) is 10.7. The van der Waals surface area contributed by atoms with Crippen LogP contribution in [0, 0.1) is 0 Å². The highest BCUT2D eigenvalue weighted by Crippen LogP contribution is 2.31. The largest absolute Gasteiger partial charge is 0.503 e. The van der Waals surface area contributed by atoms with Crippen LogP contribution in [0.2, 0.25) is 0 Å². The molecule has 0 bridgehead atoms. The molecular formula is C13H14NO2S+. The molecule has 1 saturated heterocycles. The third-order valence-electron chi connectivity index (χ3n) is 3.17. The average molecular weight is 248 g/mol. The van der Waals surface area contributed by atoms with E-state index >= 15 is 0 Å². The van der Waals surface area contributed by atoms with Crippen LogP contribution in [0.4, 0.5) is 0 Å². The monoisotopic (exact) mass is 248 g/mol. The molecule has 0 atom stereocenters. The average Bonchev–Trinajstić information content (AvgIpc) is 2.83. The summed E-state index contributed by atoms with van der Waals surface area (Å²) in [5.41, 5.74) is 0.591. The van der Waals surface area contributed by atoms with Crippen molar-refractivity contribution in [3.63, 3.8) is 0 Å². The van der Waals surface area contributed by atoms with E-state index in [-0.39, 0.29) is 22.2 Å². The summed E-state index contributed by atoms with van der Waals surface area (Å²) < 4.78 is 0. The summed E-state index contributed by atoms with van der Waals surface area (Å²) in [7, 11) is -0.0636. The molecule has 0 saturated carbocycles. The minimum atomic E-state index is -0.119. The number of H-pyrrole nitrogens is 1. The van der Waals surface area contributed by atoms with Gasteiger partial charge < -0.3 is 10.1 Å². The van der Waals surface area contributed by atoms with E-state index in [4.69, 9.17) is 0 Å². The predicted octanol–water partition coefficient (Wildman–Crippen LogP) is 2.00. The van der Waals surface area contributed by atoms with Gasteiger partial charge in [0, 0.05) is 16.3 Å². The van der Waals surface area contributed by atoms with Crippen LogP contribution in [0.1, 0.15) is 12.8 Å². The highest BCUT2D eigenvalue weighted by molar-refractivity contribution is 7.97. The summed E-state index contributed by atoms with van der Waals surface area (Å²) in [6.07, 6.45) is 2.32. The summed E-state index contributed by atoms with van der Waals surface area (Å²) in [6, 6.07) is 7.40. The maximum absolute atomic E-state index is 12.0. The lowest BCUT2D eigenvalue weighted by molar-refractivity contribution is 0.466. The zero-order chi connectivity index (χ0) is 11.8. The Morgan fingerprint density at radius 3 is 2.65 bits per heavy atom. The molecule has 3 nitrogen and oxygen atoms in total. The topological polar surface area (TPSA) is 53.1 Å². The standard InChI is InChI=1S/C13H13NO2S/c15-11-9-5-1-2-6-10(9)14-13(16)12(11)17-7-3-4-8-17/h1-2,5-6H,3-4,7-8H2,(H-,14,15,16)/p+1. The van der Waals surface area contributed by atoms with Gasteiger partial charge >= 0.3 is 5.56 Å². The van der Waals surface area contributed by atoms with E-state index in [0.29, 0.717) is 10.4 Å². The third-order valence-corrected chi connectivity index (χ3v) is 5.69. The number of fused-ring (bicyclic) bond motifs is 1. The number of benzene rings is 1. The van der Waals surface area contributed by atoms with Gasteiger partial charge in [0.15, 0.2) is 5.75 Å². The molecular weight excluding hydrogens is 234 g/mol. The fourth-order valence-corrected chi connectivity index (χ4v) is 4.75. The molecule has 0 amide bonds. The van der Waals surface area contributed by atoms with Crippen molar-refractivity contribution in [2.75, 3.05) is 11.5 Å². The fourth-order valence-electron chi connectivity index (χ4n) is 2.33. The lowest BCUT2D eigenvalue weighted by atomic mass is 10.2. The number of nitrogens with one attached hydrogen (secondary N) is 1. The van der Waals surface area contributed by atoms with Crippen molar-refractivity contribution < 1.29 is 5.11 Å². The van der Waals surface area contributed by atoms with Crippen LogP contribution < -0.4 is 5.56 Å². The number of pyridine rings is 1. The van der Waals surface area contributed by atoms with Gasteiger partial charge in [0.25, 0.3) is 4.90 Å². The van der Waals surface area contributed by atoms with E-state index in [1.165, 1.54) is 0 Å². The van der Waals surface area contributed by atoms with E-state index in [1.54, 1.807) is 0 Å². The number of aromatic nitrogens is 1. The van der Waals surface area contributed by atoms with Crippen molar-refractivity contribution in [3.8, 4) is 5.75 Å². The zero-order valence-corrected chi connectivity index (χ0v) is 10.2. The van der Waals surface area contributed by atoms with Crippen LogP contribution >= 0.6 is 0 Å². The van der Waals surface area contributed by atoms with Gasteiger partial charge in [-0.2, -0.15) is 0 Å². The maximum atomic E-state index is 12.0. The molecule has 2 heterocycles. The molecule has 1 aromatic carbocycles. The minimum absolute atomic E-state index is 0.0636. The Kier molecular flexibility index (Phi) is 2.59. The fraction of sp³-hybridized carbons (Fsp3) is 0.308. The highest BCUT2D eigenvalue weighted by atomic mass is 32.2. The summed E-state index contributed by atoms with van der Waals surface area (Å²) in [4.78, 5) is 15.5. The molecule has 3 rings (SSSR count). The van der Waals surface area contributed by atoms with Gasteiger partial charge in [0.1, 0.15) is 11.5 Å². The summed E-state index contributed by atoms with van der Waals surface area (Å²) >= 11 is 0. The SMILES string of the molecule is O=c1[nH]c2ccccc2c(O)c1[S+]1CCCC1. The van der Waals surface area contributed by atoms with Crippen molar-refractivity contribution in [2.24, 2.45) is 0 Å². The predicted molar refractivity (Wildman–Crippen MR) is 70.8 cm³/mol. The molecule has 0 unspecified atom stereocenters.